The van der Waals surface area contributed by atoms with Gasteiger partial charge in [0.15, 0.2) is 0 Å². The summed E-state index contributed by atoms with van der Waals surface area (Å²) in [6, 6.07) is -0.114. The summed E-state index contributed by atoms with van der Waals surface area (Å²) in [4.78, 5) is 31.1. The molecule has 21 heavy (non-hydrogen) atoms. The fourth-order valence-electron chi connectivity index (χ4n) is 2.44. The summed E-state index contributed by atoms with van der Waals surface area (Å²) < 4.78 is 0. The molecule has 0 bridgehead atoms. The van der Waals surface area contributed by atoms with Crippen LogP contribution in [0.15, 0.2) is 6.20 Å². The first-order chi connectivity index (χ1) is 10.1. The van der Waals surface area contributed by atoms with Gasteiger partial charge in [0, 0.05) is 31.2 Å². The highest BCUT2D eigenvalue weighted by Gasteiger charge is 2.27. The zero-order valence-electron chi connectivity index (χ0n) is 12.5. The molecule has 1 aromatic rings. The Morgan fingerprint density at radius 3 is 3.00 bits per heavy atom. The largest absolute Gasteiger partial charge is 0.359 e. The number of urea groups is 1. The number of carbonyl (C=O) groups is 2. The Kier molecular flexibility index (Phi) is 5.55. The SMILES string of the molecule is CCc1cnc(CNC(=O)N2CCC[C@H](C(=O)NC)C2)s1. The number of likely N-dealkylation sites (tertiary alicyclic amines) is 1. The van der Waals surface area contributed by atoms with Crippen LogP contribution in [0, 0.1) is 5.92 Å². The van der Waals surface area contributed by atoms with Crippen LogP contribution in [0.5, 0.6) is 0 Å². The molecule has 116 valence electrons. The van der Waals surface area contributed by atoms with Crippen LogP contribution in [-0.2, 0) is 17.8 Å². The molecular weight excluding hydrogens is 288 g/mol. The van der Waals surface area contributed by atoms with Crippen LogP contribution in [-0.4, -0.2) is 42.0 Å². The van der Waals surface area contributed by atoms with Crippen LogP contribution in [0.1, 0.15) is 29.7 Å². The number of thiazole rings is 1. The zero-order chi connectivity index (χ0) is 15.2. The van der Waals surface area contributed by atoms with E-state index in [2.05, 4.69) is 22.5 Å². The minimum atomic E-state index is -0.114. The minimum absolute atomic E-state index is 0.0139. The number of nitrogens with one attached hydrogen (secondary N) is 2. The number of hydrogen-bond donors (Lipinski definition) is 2. The van der Waals surface area contributed by atoms with Crippen LogP contribution in [0.2, 0.25) is 0 Å². The molecule has 7 heteroatoms. The van der Waals surface area contributed by atoms with Gasteiger partial charge in [0.2, 0.25) is 5.91 Å². The third kappa shape index (κ3) is 4.17. The Bertz CT molecular complexity index is 503. The van der Waals surface area contributed by atoms with Gasteiger partial charge in [-0.25, -0.2) is 9.78 Å². The molecule has 1 aromatic heterocycles. The molecule has 2 heterocycles. The predicted octanol–water partition coefficient (Wildman–Crippen LogP) is 1.37. The first-order valence-electron chi connectivity index (χ1n) is 7.32. The average Bonchev–Trinajstić information content (AvgIpc) is 3.00. The van der Waals surface area contributed by atoms with Crippen molar-refractivity contribution in [1.29, 1.82) is 0 Å². The fourth-order valence-corrected chi connectivity index (χ4v) is 3.24. The predicted molar refractivity (Wildman–Crippen MR) is 82.1 cm³/mol. The van der Waals surface area contributed by atoms with Crippen molar-refractivity contribution in [2.24, 2.45) is 5.92 Å². The number of aromatic nitrogens is 1. The highest BCUT2D eigenvalue weighted by Crippen LogP contribution is 2.17. The average molecular weight is 310 g/mol. The van der Waals surface area contributed by atoms with Crippen LogP contribution in [0.4, 0.5) is 4.79 Å². The molecule has 3 amide bonds. The van der Waals surface area contributed by atoms with E-state index in [-0.39, 0.29) is 17.9 Å². The fraction of sp³-hybridized carbons (Fsp3) is 0.643. The zero-order valence-corrected chi connectivity index (χ0v) is 13.3. The van der Waals surface area contributed by atoms with Gasteiger partial charge >= 0.3 is 6.03 Å². The molecule has 1 aliphatic rings. The number of carbonyl (C=O) groups excluding carboxylic acids is 2. The van der Waals surface area contributed by atoms with Crippen LogP contribution >= 0.6 is 11.3 Å². The molecule has 0 radical (unpaired) electrons. The van der Waals surface area contributed by atoms with E-state index in [0.717, 1.165) is 24.3 Å². The first kappa shape index (κ1) is 15.8. The van der Waals surface area contributed by atoms with Crippen molar-refractivity contribution in [1.82, 2.24) is 20.5 Å². The van der Waals surface area contributed by atoms with E-state index in [4.69, 9.17) is 0 Å². The van der Waals surface area contributed by atoms with E-state index < -0.39 is 0 Å². The van der Waals surface area contributed by atoms with E-state index in [1.54, 1.807) is 23.3 Å². The topological polar surface area (TPSA) is 74.3 Å². The monoisotopic (exact) mass is 310 g/mol. The summed E-state index contributed by atoms with van der Waals surface area (Å²) in [7, 11) is 1.63. The summed E-state index contributed by atoms with van der Waals surface area (Å²) in [5.41, 5.74) is 0. The molecule has 1 aliphatic heterocycles. The highest BCUT2D eigenvalue weighted by atomic mass is 32.1. The van der Waals surface area contributed by atoms with Gasteiger partial charge in [0.1, 0.15) is 5.01 Å². The molecule has 1 fully saturated rings. The molecule has 0 spiro atoms. The number of aryl methyl sites for hydroxylation is 1. The molecule has 1 saturated heterocycles. The maximum atomic E-state index is 12.2. The van der Waals surface area contributed by atoms with Crippen molar-refractivity contribution >= 4 is 23.3 Å². The normalized spacial score (nSPS) is 18.4. The Labute approximate surface area is 128 Å². The number of piperidine rings is 1. The molecule has 0 unspecified atom stereocenters. The molecule has 1 atom stereocenters. The van der Waals surface area contributed by atoms with Crippen molar-refractivity contribution in [3.05, 3.63) is 16.1 Å². The molecule has 2 rings (SSSR count). The first-order valence-corrected chi connectivity index (χ1v) is 8.13. The van der Waals surface area contributed by atoms with Crippen LogP contribution in [0.25, 0.3) is 0 Å². The Balaban J connectivity index is 1.83. The molecule has 0 saturated carbocycles. The van der Waals surface area contributed by atoms with Gasteiger partial charge in [-0.05, 0) is 19.3 Å². The lowest BCUT2D eigenvalue weighted by Gasteiger charge is -2.31. The standard InChI is InChI=1S/C14H22N4O2S/c1-3-11-7-16-12(21-11)8-17-14(20)18-6-4-5-10(9-18)13(19)15-2/h7,10H,3-6,8-9H2,1-2H3,(H,15,19)(H,17,20)/t10-/m0/s1. The highest BCUT2D eigenvalue weighted by molar-refractivity contribution is 7.11. The van der Waals surface area contributed by atoms with Gasteiger partial charge in [-0.2, -0.15) is 0 Å². The number of hydrogen-bond acceptors (Lipinski definition) is 4. The van der Waals surface area contributed by atoms with Gasteiger partial charge in [0.25, 0.3) is 0 Å². The van der Waals surface area contributed by atoms with Gasteiger partial charge in [-0.15, -0.1) is 11.3 Å². The van der Waals surface area contributed by atoms with Crippen molar-refractivity contribution in [3.63, 3.8) is 0 Å². The number of rotatable bonds is 4. The second-order valence-electron chi connectivity index (χ2n) is 5.13. The number of amides is 3. The summed E-state index contributed by atoms with van der Waals surface area (Å²) in [6.45, 7) is 3.73. The maximum absolute atomic E-state index is 12.2. The van der Waals surface area contributed by atoms with Gasteiger partial charge in [0.05, 0.1) is 12.5 Å². The number of nitrogens with zero attached hydrogens (tertiary/aromatic N) is 2. The van der Waals surface area contributed by atoms with Crippen molar-refractivity contribution < 1.29 is 9.59 Å². The molecule has 0 aliphatic carbocycles. The molecule has 2 N–H and O–H groups in total. The third-order valence-corrected chi connectivity index (χ3v) is 4.81. The second kappa shape index (κ2) is 7.40. The Morgan fingerprint density at radius 1 is 1.52 bits per heavy atom. The van der Waals surface area contributed by atoms with E-state index in [1.807, 2.05) is 6.20 Å². The summed E-state index contributed by atoms with van der Waals surface area (Å²) >= 11 is 1.62. The van der Waals surface area contributed by atoms with Crippen molar-refractivity contribution in [3.8, 4) is 0 Å². The third-order valence-electron chi connectivity index (χ3n) is 3.67. The van der Waals surface area contributed by atoms with Crippen molar-refractivity contribution in [2.75, 3.05) is 20.1 Å². The van der Waals surface area contributed by atoms with Gasteiger partial charge in [-0.3, -0.25) is 4.79 Å². The van der Waals surface area contributed by atoms with E-state index in [9.17, 15) is 9.59 Å². The lowest BCUT2D eigenvalue weighted by atomic mass is 9.97. The smallest absolute Gasteiger partial charge is 0.317 e. The minimum Gasteiger partial charge on any atom is -0.359 e. The van der Waals surface area contributed by atoms with Gasteiger partial charge < -0.3 is 15.5 Å². The van der Waals surface area contributed by atoms with Crippen LogP contribution < -0.4 is 10.6 Å². The molecule has 6 nitrogen and oxygen atoms in total. The Morgan fingerprint density at radius 2 is 2.33 bits per heavy atom. The van der Waals surface area contributed by atoms with Crippen LogP contribution in [0.3, 0.4) is 0 Å². The lowest BCUT2D eigenvalue weighted by molar-refractivity contribution is -0.125. The lowest BCUT2D eigenvalue weighted by Crippen LogP contribution is -2.48. The second-order valence-corrected chi connectivity index (χ2v) is 6.33. The molecule has 0 aromatic carbocycles. The molecular formula is C14H22N4O2S. The van der Waals surface area contributed by atoms with Crippen molar-refractivity contribution in [2.45, 2.75) is 32.7 Å². The van der Waals surface area contributed by atoms with E-state index in [1.165, 1.54) is 4.88 Å². The van der Waals surface area contributed by atoms with Gasteiger partial charge in [-0.1, -0.05) is 6.92 Å². The quantitative estimate of drug-likeness (QED) is 0.882. The summed E-state index contributed by atoms with van der Waals surface area (Å²) in [6.07, 6.45) is 4.53. The summed E-state index contributed by atoms with van der Waals surface area (Å²) in [5.74, 6) is -0.0823. The van der Waals surface area contributed by atoms with E-state index >= 15 is 0 Å². The summed E-state index contributed by atoms with van der Waals surface area (Å²) in [5, 5.41) is 6.46. The maximum Gasteiger partial charge on any atom is 0.317 e. The Hall–Kier alpha value is -1.63. The van der Waals surface area contributed by atoms with E-state index in [0.29, 0.717) is 19.6 Å².